The molecule has 1 aromatic carbocycles. The lowest BCUT2D eigenvalue weighted by atomic mass is 10.1. The minimum Gasteiger partial charge on any atom is -0.269 e. The van der Waals surface area contributed by atoms with Crippen LogP contribution in [0.1, 0.15) is 22.2 Å². The van der Waals surface area contributed by atoms with Crippen molar-refractivity contribution in [3.63, 3.8) is 0 Å². The van der Waals surface area contributed by atoms with Gasteiger partial charge < -0.3 is 0 Å². The third kappa shape index (κ3) is 2.21. The van der Waals surface area contributed by atoms with E-state index in [0.29, 0.717) is 0 Å². The highest BCUT2D eigenvalue weighted by Crippen LogP contribution is 2.47. The molecule has 0 fully saturated rings. The van der Waals surface area contributed by atoms with Crippen molar-refractivity contribution in [1.82, 2.24) is 9.78 Å². The quantitative estimate of drug-likeness (QED) is 0.797. The van der Waals surface area contributed by atoms with Gasteiger partial charge in [0.25, 0.3) is 0 Å². The minimum absolute atomic E-state index is 0.280. The summed E-state index contributed by atoms with van der Waals surface area (Å²) in [5.74, 6) is 0. The molecule has 0 bridgehead atoms. The van der Waals surface area contributed by atoms with Crippen molar-refractivity contribution in [3.05, 3.63) is 47.3 Å². The Balaban J connectivity index is 2.16. The highest BCUT2D eigenvalue weighted by atomic mass is 32.2. The molecule has 0 radical (unpaired) electrons. The standard InChI is InChI=1S/C14H15N3S2/c1-9-11-12(17(2)16-9)13(19-14(15-11)18-3)10-7-5-4-6-8-10/h4-8,13H,1-3H3. The molecule has 0 spiro atoms. The van der Waals surface area contributed by atoms with Gasteiger partial charge in [0, 0.05) is 7.05 Å². The number of aromatic nitrogens is 2. The molecule has 98 valence electrons. The van der Waals surface area contributed by atoms with Crippen LogP contribution in [-0.4, -0.2) is 20.4 Å². The predicted molar refractivity (Wildman–Crippen MR) is 84.4 cm³/mol. The summed E-state index contributed by atoms with van der Waals surface area (Å²) >= 11 is 3.51. The Bertz CT molecular complexity index is 632. The molecule has 19 heavy (non-hydrogen) atoms. The van der Waals surface area contributed by atoms with E-state index >= 15 is 0 Å². The first-order chi connectivity index (χ1) is 9.20. The SMILES string of the molecule is CSC1=Nc2c(C)nn(C)c2C(c2ccccc2)S1. The molecular weight excluding hydrogens is 274 g/mol. The van der Waals surface area contributed by atoms with Gasteiger partial charge in [-0.25, -0.2) is 4.99 Å². The van der Waals surface area contributed by atoms with Crippen LogP contribution < -0.4 is 0 Å². The van der Waals surface area contributed by atoms with Crippen molar-refractivity contribution in [2.45, 2.75) is 12.2 Å². The van der Waals surface area contributed by atoms with Gasteiger partial charge in [0.2, 0.25) is 0 Å². The lowest BCUT2D eigenvalue weighted by molar-refractivity contribution is 0.714. The zero-order valence-electron chi connectivity index (χ0n) is 11.1. The van der Waals surface area contributed by atoms with Crippen LogP contribution in [0.15, 0.2) is 35.3 Å². The van der Waals surface area contributed by atoms with Crippen molar-refractivity contribution in [2.24, 2.45) is 12.0 Å². The third-order valence-electron chi connectivity index (χ3n) is 3.18. The average molecular weight is 289 g/mol. The summed E-state index contributed by atoms with van der Waals surface area (Å²) in [6.45, 7) is 2.03. The first-order valence-corrected chi connectivity index (χ1v) is 8.19. The van der Waals surface area contributed by atoms with Crippen LogP contribution in [0.25, 0.3) is 0 Å². The molecular formula is C14H15N3S2. The monoisotopic (exact) mass is 289 g/mol. The Kier molecular flexibility index (Phi) is 3.41. The number of hydrogen-bond donors (Lipinski definition) is 0. The smallest absolute Gasteiger partial charge is 0.131 e. The van der Waals surface area contributed by atoms with E-state index in [-0.39, 0.29) is 5.25 Å². The molecule has 0 aliphatic carbocycles. The summed E-state index contributed by atoms with van der Waals surface area (Å²) in [7, 11) is 2.00. The lowest BCUT2D eigenvalue weighted by Crippen LogP contribution is -2.09. The van der Waals surface area contributed by atoms with E-state index in [4.69, 9.17) is 4.99 Å². The first-order valence-electron chi connectivity index (χ1n) is 6.08. The van der Waals surface area contributed by atoms with Crippen LogP contribution in [0.4, 0.5) is 5.69 Å². The number of benzene rings is 1. The number of nitrogens with zero attached hydrogens (tertiary/aromatic N) is 3. The number of thioether (sulfide) groups is 2. The third-order valence-corrected chi connectivity index (χ3v) is 5.43. The van der Waals surface area contributed by atoms with E-state index in [1.165, 1.54) is 11.3 Å². The van der Waals surface area contributed by atoms with Gasteiger partial charge in [0.15, 0.2) is 0 Å². The Morgan fingerprint density at radius 3 is 2.68 bits per heavy atom. The molecule has 3 nitrogen and oxygen atoms in total. The van der Waals surface area contributed by atoms with Crippen LogP contribution in [0.5, 0.6) is 0 Å². The maximum atomic E-state index is 4.72. The summed E-state index contributed by atoms with van der Waals surface area (Å²) in [6, 6.07) is 10.6. The molecule has 1 aromatic heterocycles. The summed E-state index contributed by atoms with van der Waals surface area (Å²) in [5, 5.41) is 4.80. The summed E-state index contributed by atoms with van der Waals surface area (Å²) < 4.78 is 3.08. The Hall–Kier alpha value is -1.20. The van der Waals surface area contributed by atoms with Gasteiger partial charge in [-0.05, 0) is 18.7 Å². The lowest BCUT2D eigenvalue weighted by Gasteiger charge is -2.22. The molecule has 1 unspecified atom stereocenters. The van der Waals surface area contributed by atoms with Gasteiger partial charge in [-0.15, -0.1) is 11.8 Å². The molecule has 0 amide bonds. The topological polar surface area (TPSA) is 30.2 Å². The van der Waals surface area contributed by atoms with Crippen molar-refractivity contribution in [3.8, 4) is 0 Å². The number of rotatable bonds is 1. The van der Waals surface area contributed by atoms with Gasteiger partial charge in [-0.1, -0.05) is 42.1 Å². The molecule has 1 aliphatic heterocycles. The normalized spacial score (nSPS) is 18.1. The zero-order chi connectivity index (χ0) is 13.4. The maximum absolute atomic E-state index is 4.72. The summed E-state index contributed by atoms with van der Waals surface area (Å²) in [5.41, 5.74) is 4.55. The maximum Gasteiger partial charge on any atom is 0.131 e. The molecule has 0 N–H and O–H groups in total. The average Bonchev–Trinajstić information content (AvgIpc) is 2.74. The zero-order valence-corrected chi connectivity index (χ0v) is 12.8. The highest BCUT2D eigenvalue weighted by molar-refractivity contribution is 8.38. The van der Waals surface area contributed by atoms with E-state index in [2.05, 4.69) is 41.7 Å². The van der Waals surface area contributed by atoms with E-state index < -0.39 is 0 Å². The number of aryl methyl sites for hydroxylation is 2. The fraction of sp³-hybridized carbons (Fsp3) is 0.286. The fourth-order valence-electron chi connectivity index (χ4n) is 2.32. The number of aliphatic imine (C=N–C) groups is 1. The van der Waals surface area contributed by atoms with Crippen molar-refractivity contribution >= 4 is 33.6 Å². The second-order valence-electron chi connectivity index (χ2n) is 4.43. The minimum atomic E-state index is 0.280. The van der Waals surface area contributed by atoms with E-state index in [9.17, 15) is 0 Å². The van der Waals surface area contributed by atoms with E-state index in [1.807, 2.05) is 18.7 Å². The second-order valence-corrected chi connectivity index (χ2v) is 6.58. The molecule has 1 atom stereocenters. The number of hydrogen-bond acceptors (Lipinski definition) is 4. The van der Waals surface area contributed by atoms with E-state index in [0.717, 1.165) is 15.8 Å². The van der Waals surface area contributed by atoms with Crippen molar-refractivity contribution < 1.29 is 0 Å². The molecule has 1 aliphatic rings. The fourth-order valence-corrected chi connectivity index (χ4v) is 4.19. The predicted octanol–water partition coefficient (Wildman–Crippen LogP) is 3.92. The van der Waals surface area contributed by atoms with Crippen LogP contribution in [-0.2, 0) is 7.05 Å². The summed E-state index contributed by atoms with van der Waals surface area (Å²) in [6.07, 6.45) is 2.07. The van der Waals surface area contributed by atoms with Crippen LogP contribution in [0, 0.1) is 6.92 Å². The Morgan fingerprint density at radius 1 is 1.26 bits per heavy atom. The van der Waals surface area contributed by atoms with Crippen LogP contribution in [0.2, 0.25) is 0 Å². The van der Waals surface area contributed by atoms with Gasteiger partial charge in [0.1, 0.15) is 10.1 Å². The first kappa shape index (κ1) is 12.8. The molecule has 3 rings (SSSR count). The largest absolute Gasteiger partial charge is 0.269 e. The molecule has 2 aromatic rings. The summed E-state index contributed by atoms with van der Waals surface area (Å²) in [4.78, 5) is 4.72. The van der Waals surface area contributed by atoms with Crippen molar-refractivity contribution in [1.29, 1.82) is 0 Å². The van der Waals surface area contributed by atoms with Gasteiger partial charge >= 0.3 is 0 Å². The van der Waals surface area contributed by atoms with Gasteiger partial charge in [-0.3, -0.25) is 4.68 Å². The molecule has 2 heterocycles. The Morgan fingerprint density at radius 2 is 2.00 bits per heavy atom. The number of fused-ring (bicyclic) bond motifs is 1. The van der Waals surface area contributed by atoms with Crippen LogP contribution in [0.3, 0.4) is 0 Å². The molecule has 0 saturated heterocycles. The van der Waals surface area contributed by atoms with Crippen molar-refractivity contribution in [2.75, 3.05) is 6.26 Å². The molecule has 5 heteroatoms. The van der Waals surface area contributed by atoms with E-state index in [1.54, 1.807) is 23.5 Å². The Labute approximate surface area is 121 Å². The second kappa shape index (κ2) is 5.06. The molecule has 0 saturated carbocycles. The van der Waals surface area contributed by atoms with Crippen LogP contribution >= 0.6 is 23.5 Å². The highest BCUT2D eigenvalue weighted by Gasteiger charge is 2.29. The van der Waals surface area contributed by atoms with Gasteiger partial charge in [-0.2, -0.15) is 5.10 Å². The van der Waals surface area contributed by atoms with Gasteiger partial charge in [0.05, 0.1) is 16.6 Å².